The number of nitriles is 1. The molecule has 13 heteroatoms. The number of nitrogens with zero attached hydrogens (tertiary/aromatic N) is 6. The third kappa shape index (κ3) is 4.46. The number of thiazole rings is 1. The molecule has 2 aromatic carbocycles. The van der Waals surface area contributed by atoms with Crippen molar-refractivity contribution in [1.29, 1.82) is 5.26 Å². The molecular formula is C33H30F2N6O4S. The molecule has 236 valence electrons. The van der Waals surface area contributed by atoms with Crippen molar-refractivity contribution in [1.82, 2.24) is 14.9 Å². The van der Waals surface area contributed by atoms with Gasteiger partial charge in [0.25, 0.3) is 5.91 Å². The number of halogens is 2. The summed E-state index contributed by atoms with van der Waals surface area (Å²) in [5, 5.41) is 32.3. The summed E-state index contributed by atoms with van der Waals surface area (Å²) in [4.78, 5) is 28.2. The highest BCUT2D eigenvalue weighted by Crippen LogP contribution is 2.48. The van der Waals surface area contributed by atoms with Crippen molar-refractivity contribution in [3.8, 4) is 17.3 Å². The molecule has 5 heterocycles. The van der Waals surface area contributed by atoms with Crippen LogP contribution in [0.2, 0.25) is 0 Å². The number of likely N-dealkylation sites (tertiary alicyclic amines) is 1. The molecule has 2 N–H and O–H groups in total. The lowest BCUT2D eigenvalue weighted by atomic mass is 9.72. The van der Waals surface area contributed by atoms with Gasteiger partial charge in [0.2, 0.25) is 0 Å². The number of carbonyl (C=O) groups is 1. The number of aromatic nitrogens is 2. The molecule has 0 bridgehead atoms. The first-order valence-electron chi connectivity index (χ1n) is 15.2. The van der Waals surface area contributed by atoms with Crippen LogP contribution in [0.1, 0.15) is 35.1 Å². The number of hydrogen-bond donors (Lipinski definition) is 2. The lowest BCUT2D eigenvalue weighted by Crippen LogP contribution is -2.74. The smallest absolute Gasteiger partial charge is 0.257 e. The van der Waals surface area contributed by atoms with Crippen molar-refractivity contribution in [2.24, 2.45) is 5.41 Å². The van der Waals surface area contributed by atoms with Gasteiger partial charge < -0.3 is 29.6 Å². The van der Waals surface area contributed by atoms with Crippen molar-refractivity contribution >= 4 is 44.7 Å². The maximum Gasteiger partial charge on any atom is 0.257 e. The number of fused-ring (bicyclic) bond motifs is 2. The first-order valence-corrected chi connectivity index (χ1v) is 16.0. The Kier molecular flexibility index (Phi) is 6.60. The molecule has 2 aromatic heterocycles. The molecule has 4 aromatic rings. The third-order valence-electron chi connectivity index (χ3n) is 9.73. The summed E-state index contributed by atoms with van der Waals surface area (Å²) >= 11 is 1.18. The number of hydrogen-bond acceptors (Lipinski definition) is 10. The van der Waals surface area contributed by atoms with Gasteiger partial charge in [-0.15, -0.1) is 0 Å². The van der Waals surface area contributed by atoms with Gasteiger partial charge in [0, 0.05) is 67.3 Å². The summed E-state index contributed by atoms with van der Waals surface area (Å²) in [6, 6.07) is 11.4. The van der Waals surface area contributed by atoms with E-state index in [1.54, 1.807) is 24.1 Å². The monoisotopic (exact) mass is 644 g/mol. The number of benzene rings is 2. The molecule has 1 aliphatic carbocycles. The van der Waals surface area contributed by atoms with Gasteiger partial charge in [-0.25, -0.2) is 18.7 Å². The fourth-order valence-corrected chi connectivity index (χ4v) is 8.21. The van der Waals surface area contributed by atoms with Gasteiger partial charge >= 0.3 is 0 Å². The molecule has 3 saturated heterocycles. The van der Waals surface area contributed by atoms with E-state index >= 15 is 4.39 Å². The van der Waals surface area contributed by atoms with Crippen LogP contribution < -0.4 is 9.80 Å². The summed E-state index contributed by atoms with van der Waals surface area (Å²) in [6.07, 6.45) is 0.483. The second-order valence-electron chi connectivity index (χ2n) is 12.9. The molecule has 0 saturated carbocycles. The zero-order chi connectivity index (χ0) is 32.0. The van der Waals surface area contributed by atoms with Crippen LogP contribution in [0.25, 0.3) is 22.2 Å². The van der Waals surface area contributed by atoms with E-state index in [2.05, 4.69) is 16.0 Å². The lowest BCUT2D eigenvalue weighted by Gasteiger charge is -2.61. The van der Waals surface area contributed by atoms with Gasteiger partial charge in [-0.2, -0.15) is 5.26 Å². The standard InChI is InChI=1S/C33H30F2N6O4S/c1-39(31-38-26(25(12-36)46-31)18-2-4-19(34)5-3-18)29-21-6-7-24(42)28(21)37-27-22(29)10-20(11-23(27)35)40-13-32(14-40)15-41(16-32)30(43)33(44)8-9-45-17-33/h2-5,10-11,24,42,44H,6-9,13-17H2,1H3/t24-,33-/m0/s1. The van der Waals surface area contributed by atoms with Crippen LogP contribution in [0.4, 0.5) is 25.3 Å². The molecule has 8 rings (SSSR count). The SMILES string of the molecule is CN(c1nc(-c2ccc(F)cc2)c(C#N)s1)c1c2c(nc3c(F)cc(N4CC5(CN(C(=O)[C@]6(O)CCOC6)C5)C4)cc13)[C@@H](O)CC2. The molecule has 0 radical (unpaired) electrons. The van der Waals surface area contributed by atoms with Gasteiger partial charge in [-0.1, -0.05) is 11.3 Å². The van der Waals surface area contributed by atoms with Crippen molar-refractivity contribution in [2.75, 3.05) is 56.2 Å². The van der Waals surface area contributed by atoms with Crippen molar-refractivity contribution in [3.63, 3.8) is 0 Å². The second kappa shape index (κ2) is 10.4. The van der Waals surface area contributed by atoms with Crippen LogP contribution in [0, 0.1) is 28.4 Å². The topological polar surface area (TPSA) is 126 Å². The molecule has 4 aliphatic rings. The maximum atomic E-state index is 15.9. The van der Waals surface area contributed by atoms with Crippen LogP contribution in [0.15, 0.2) is 36.4 Å². The Hall–Kier alpha value is -4.22. The Balaban J connectivity index is 1.12. The third-order valence-corrected chi connectivity index (χ3v) is 10.8. The van der Waals surface area contributed by atoms with Crippen LogP contribution in [0.5, 0.6) is 0 Å². The van der Waals surface area contributed by atoms with E-state index in [1.165, 1.54) is 29.5 Å². The van der Waals surface area contributed by atoms with Crippen molar-refractivity contribution in [2.45, 2.75) is 31.0 Å². The Labute approximate surface area is 267 Å². The minimum Gasteiger partial charge on any atom is -0.387 e. The highest BCUT2D eigenvalue weighted by molar-refractivity contribution is 7.16. The van der Waals surface area contributed by atoms with Gasteiger partial charge in [0.05, 0.1) is 30.7 Å². The molecular weight excluding hydrogens is 614 g/mol. The fourth-order valence-electron chi connectivity index (χ4n) is 7.35. The van der Waals surface area contributed by atoms with E-state index in [0.29, 0.717) is 95.8 Å². The lowest BCUT2D eigenvalue weighted by molar-refractivity contribution is -0.165. The first kappa shape index (κ1) is 29.2. The second-order valence-corrected chi connectivity index (χ2v) is 13.9. The number of rotatable bonds is 5. The minimum absolute atomic E-state index is 0.0235. The van der Waals surface area contributed by atoms with Crippen LogP contribution in [-0.2, 0) is 16.0 Å². The Bertz CT molecular complexity index is 1940. The molecule has 0 unspecified atom stereocenters. The van der Waals surface area contributed by atoms with Gasteiger partial charge in [-0.3, -0.25) is 4.79 Å². The van der Waals surface area contributed by atoms with E-state index in [1.807, 2.05) is 11.0 Å². The van der Waals surface area contributed by atoms with E-state index in [4.69, 9.17) is 9.72 Å². The number of aliphatic hydroxyl groups excluding tert-OH is 1. The normalized spacial score (nSPS) is 22.9. The largest absolute Gasteiger partial charge is 0.387 e. The Morgan fingerprint density at radius 2 is 1.93 bits per heavy atom. The highest BCUT2D eigenvalue weighted by Gasteiger charge is 2.56. The van der Waals surface area contributed by atoms with Gasteiger partial charge in [-0.05, 0) is 49.2 Å². The molecule has 1 spiro atoms. The number of aliphatic hydroxyl groups is 2. The zero-order valence-electron chi connectivity index (χ0n) is 25.0. The fraction of sp³-hybridized carbons (Fsp3) is 0.394. The van der Waals surface area contributed by atoms with Crippen LogP contribution in [0.3, 0.4) is 0 Å². The Morgan fingerprint density at radius 3 is 2.63 bits per heavy atom. The summed E-state index contributed by atoms with van der Waals surface area (Å²) in [5.41, 5.74) is 2.23. The number of pyridine rings is 1. The van der Waals surface area contributed by atoms with E-state index in [0.717, 1.165) is 5.56 Å². The summed E-state index contributed by atoms with van der Waals surface area (Å²) in [5.74, 6) is -1.19. The van der Waals surface area contributed by atoms with Crippen molar-refractivity contribution < 1.29 is 28.5 Å². The van der Waals surface area contributed by atoms with Crippen LogP contribution >= 0.6 is 11.3 Å². The van der Waals surface area contributed by atoms with E-state index in [9.17, 15) is 24.7 Å². The minimum atomic E-state index is -1.44. The molecule has 46 heavy (non-hydrogen) atoms. The van der Waals surface area contributed by atoms with Gasteiger partial charge in [0.1, 0.15) is 28.0 Å². The van der Waals surface area contributed by atoms with Crippen LogP contribution in [-0.4, -0.2) is 83.0 Å². The highest BCUT2D eigenvalue weighted by atomic mass is 32.1. The Morgan fingerprint density at radius 1 is 1.17 bits per heavy atom. The zero-order valence-corrected chi connectivity index (χ0v) is 25.8. The molecule has 1 amide bonds. The van der Waals surface area contributed by atoms with Gasteiger partial charge in [0.15, 0.2) is 16.5 Å². The summed E-state index contributed by atoms with van der Waals surface area (Å²) in [6.45, 7) is 2.73. The summed E-state index contributed by atoms with van der Waals surface area (Å²) in [7, 11) is 1.81. The number of anilines is 3. The first-order chi connectivity index (χ1) is 22.1. The molecule has 2 atom stereocenters. The molecule has 3 fully saturated rings. The summed E-state index contributed by atoms with van der Waals surface area (Å²) < 4.78 is 34.7. The molecule has 10 nitrogen and oxygen atoms in total. The van der Waals surface area contributed by atoms with E-state index < -0.39 is 17.5 Å². The predicted molar refractivity (Wildman–Crippen MR) is 167 cm³/mol. The predicted octanol–water partition coefficient (Wildman–Crippen LogP) is 4.06. The quantitative estimate of drug-likeness (QED) is 0.331. The number of amides is 1. The maximum absolute atomic E-state index is 15.9. The van der Waals surface area contributed by atoms with E-state index in [-0.39, 0.29) is 29.3 Å². The average molecular weight is 645 g/mol. The van der Waals surface area contributed by atoms with Crippen molar-refractivity contribution in [3.05, 3.63) is 64.2 Å². The molecule has 3 aliphatic heterocycles. The number of ether oxygens (including phenoxy) is 1. The average Bonchev–Trinajstić information content (AvgIpc) is 3.74. The number of carbonyl (C=O) groups excluding carboxylic acids is 1.